The lowest BCUT2D eigenvalue weighted by atomic mass is 10.0. The maximum absolute atomic E-state index is 4.70. The summed E-state index contributed by atoms with van der Waals surface area (Å²) in [6, 6.07) is 0.422. The topological polar surface area (TPSA) is 12.4 Å². The molecule has 2 unspecified atom stereocenters. The molecule has 0 aromatic carbocycles. The van der Waals surface area contributed by atoms with Crippen molar-refractivity contribution in [3.8, 4) is 0 Å². The van der Waals surface area contributed by atoms with Crippen molar-refractivity contribution in [3.63, 3.8) is 0 Å². The van der Waals surface area contributed by atoms with Crippen LogP contribution >= 0.6 is 0 Å². The Labute approximate surface area is 83.0 Å². The third-order valence-electron chi connectivity index (χ3n) is 2.46. The van der Waals surface area contributed by atoms with Crippen molar-refractivity contribution in [1.29, 1.82) is 0 Å². The van der Waals surface area contributed by atoms with E-state index in [4.69, 9.17) is 4.99 Å². The zero-order chi connectivity index (χ0) is 10.3. The van der Waals surface area contributed by atoms with Crippen LogP contribution in [0.4, 0.5) is 0 Å². The molecule has 1 nitrogen and oxygen atoms in total. The number of hydrogen-bond donors (Lipinski definition) is 0. The van der Waals surface area contributed by atoms with Gasteiger partial charge in [0, 0.05) is 5.71 Å². The van der Waals surface area contributed by atoms with Crippen LogP contribution in [-0.4, -0.2) is 11.8 Å². The van der Waals surface area contributed by atoms with Gasteiger partial charge in [0.25, 0.3) is 0 Å². The zero-order valence-corrected chi connectivity index (χ0v) is 9.67. The van der Waals surface area contributed by atoms with Crippen LogP contribution in [0, 0.1) is 5.92 Å². The summed E-state index contributed by atoms with van der Waals surface area (Å²) in [5.74, 6) is 0.554. The molecule has 0 saturated heterocycles. The number of allylic oxidation sites excluding steroid dienone is 1. The Kier molecular flexibility index (Phi) is 6.56. The second-order valence-electron chi connectivity index (χ2n) is 3.53. The molecular weight excluding hydrogens is 158 g/mol. The molecule has 13 heavy (non-hydrogen) atoms. The van der Waals surface area contributed by atoms with Crippen LogP contribution in [-0.2, 0) is 0 Å². The van der Waals surface area contributed by atoms with Crippen LogP contribution < -0.4 is 0 Å². The van der Waals surface area contributed by atoms with E-state index in [1.165, 1.54) is 5.71 Å². The van der Waals surface area contributed by atoms with E-state index in [-0.39, 0.29) is 0 Å². The molecule has 0 amide bonds. The van der Waals surface area contributed by atoms with Gasteiger partial charge in [0.2, 0.25) is 0 Å². The van der Waals surface area contributed by atoms with Crippen molar-refractivity contribution in [2.75, 3.05) is 0 Å². The van der Waals surface area contributed by atoms with Crippen molar-refractivity contribution in [1.82, 2.24) is 0 Å². The maximum atomic E-state index is 4.70. The number of rotatable bonds is 5. The fraction of sp³-hybridized carbons (Fsp3) is 0.750. The van der Waals surface area contributed by atoms with Crippen molar-refractivity contribution in [2.45, 2.75) is 53.5 Å². The first-order valence-corrected chi connectivity index (χ1v) is 5.34. The molecule has 0 fully saturated rings. The molecule has 0 heterocycles. The molecule has 0 bridgehead atoms. The summed E-state index contributed by atoms with van der Waals surface area (Å²) < 4.78 is 0. The second kappa shape index (κ2) is 6.88. The quantitative estimate of drug-likeness (QED) is 0.451. The van der Waals surface area contributed by atoms with Crippen LogP contribution in [0.1, 0.15) is 47.5 Å². The van der Waals surface area contributed by atoms with Crippen molar-refractivity contribution < 1.29 is 0 Å². The first-order valence-electron chi connectivity index (χ1n) is 5.34. The summed E-state index contributed by atoms with van der Waals surface area (Å²) in [6.07, 6.45) is 6.50. The van der Waals surface area contributed by atoms with E-state index >= 15 is 0 Å². The highest BCUT2D eigenvalue weighted by Gasteiger charge is 2.07. The van der Waals surface area contributed by atoms with Crippen LogP contribution in [0.3, 0.4) is 0 Å². The van der Waals surface area contributed by atoms with Crippen molar-refractivity contribution >= 4 is 5.71 Å². The van der Waals surface area contributed by atoms with E-state index < -0.39 is 0 Å². The molecule has 76 valence electrons. The first kappa shape index (κ1) is 12.4. The van der Waals surface area contributed by atoms with Crippen molar-refractivity contribution in [3.05, 3.63) is 12.2 Å². The largest absolute Gasteiger partial charge is 0.291 e. The van der Waals surface area contributed by atoms with Crippen LogP contribution in [0.25, 0.3) is 0 Å². The summed E-state index contributed by atoms with van der Waals surface area (Å²) in [6.45, 7) is 10.8. The molecule has 0 aromatic heterocycles. The summed E-state index contributed by atoms with van der Waals surface area (Å²) in [7, 11) is 0. The summed E-state index contributed by atoms with van der Waals surface area (Å²) in [4.78, 5) is 4.70. The Morgan fingerprint density at radius 1 is 1.23 bits per heavy atom. The zero-order valence-electron chi connectivity index (χ0n) is 9.67. The Bertz CT molecular complexity index is 174. The molecule has 0 aliphatic carbocycles. The van der Waals surface area contributed by atoms with Gasteiger partial charge in [-0.15, -0.1) is 0 Å². The molecule has 1 heteroatoms. The predicted octanol–water partition coefficient (Wildman–Crippen LogP) is 3.85. The van der Waals surface area contributed by atoms with Crippen LogP contribution in [0.5, 0.6) is 0 Å². The monoisotopic (exact) mass is 181 g/mol. The Morgan fingerprint density at radius 2 is 1.77 bits per heavy atom. The summed E-state index contributed by atoms with van der Waals surface area (Å²) in [5.41, 5.74) is 1.34. The lowest BCUT2D eigenvalue weighted by Crippen LogP contribution is -2.12. The van der Waals surface area contributed by atoms with Gasteiger partial charge in [-0.2, -0.15) is 0 Å². The van der Waals surface area contributed by atoms with Gasteiger partial charge in [-0.3, -0.25) is 4.99 Å². The highest BCUT2D eigenvalue weighted by atomic mass is 14.8. The highest BCUT2D eigenvalue weighted by Crippen LogP contribution is 2.10. The Morgan fingerprint density at radius 3 is 2.15 bits per heavy atom. The number of hydrogen-bond acceptors (Lipinski definition) is 1. The van der Waals surface area contributed by atoms with Gasteiger partial charge >= 0.3 is 0 Å². The van der Waals surface area contributed by atoms with E-state index in [1.807, 2.05) is 0 Å². The van der Waals surface area contributed by atoms with Gasteiger partial charge < -0.3 is 0 Å². The molecule has 2 atom stereocenters. The second-order valence-corrected chi connectivity index (χ2v) is 3.53. The number of nitrogens with zero attached hydrogens (tertiary/aromatic N) is 1. The normalized spacial score (nSPS) is 15.8. The lowest BCUT2D eigenvalue weighted by Gasteiger charge is -2.13. The van der Waals surface area contributed by atoms with E-state index in [1.54, 1.807) is 0 Å². The fourth-order valence-electron chi connectivity index (χ4n) is 1.30. The Hall–Kier alpha value is -0.590. The molecule has 0 spiro atoms. The minimum absolute atomic E-state index is 0.422. The smallest absolute Gasteiger partial charge is 0.0530 e. The van der Waals surface area contributed by atoms with Gasteiger partial charge in [-0.1, -0.05) is 32.9 Å². The molecule has 0 radical (unpaired) electrons. The third kappa shape index (κ3) is 4.87. The predicted molar refractivity (Wildman–Crippen MR) is 61.5 cm³/mol. The molecule has 0 saturated carbocycles. The van der Waals surface area contributed by atoms with Gasteiger partial charge in [0.05, 0.1) is 6.04 Å². The average molecular weight is 181 g/mol. The van der Waals surface area contributed by atoms with E-state index in [2.05, 4.69) is 46.8 Å². The number of aliphatic imine (C=N–C) groups is 1. The molecule has 0 aliphatic rings. The van der Waals surface area contributed by atoms with Gasteiger partial charge in [-0.25, -0.2) is 0 Å². The standard InChI is InChI=1S/C12H23N/c1-6-9-10(4)11(5)13-12(7-2)8-3/h6,9-11H,7-8H2,1-5H3/b9-6+. The SMILES string of the molecule is C/C=C/C(C)C(C)N=C(CC)CC. The van der Waals surface area contributed by atoms with Gasteiger partial charge in [-0.05, 0) is 32.6 Å². The fourth-order valence-corrected chi connectivity index (χ4v) is 1.30. The Balaban J connectivity index is 4.24. The van der Waals surface area contributed by atoms with Crippen LogP contribution in [0.15, 0.2) is 17.1 Å². The lowest BCUT2D eigenvalue weighted by molar-refractivity contribution is 0.581. The third-order valence-corrected chi connectivity index (χ3v) is 2.46. The molecule has 0 rings (SSSR count). The molecule has 0 aromatic rings. The van der Waals surface area contributed by atoms with Gasteiger partial charge in [0.1, 0.15) is 0 Å². The van der Waals surface area contributed by atoms with E-state index in [0.717, 1.165) is 12.8 Å². The van der Waals surface area contributed by atoms with Gasteiger partial charge in [0.15, 0.2) is 0 Å². The maximum Gasteiger partial charge on any atom is 0.0530 e. The first-order chi connectivity index (χ1) is 6.15. The molecular formula is C12H23N. The minimum Gasteiger partial charge on any atom is -0.291 e. The highest BCUT2D eigenvalue weighted by molar-refractivity contribution is 5.84. The van der Waals surface area contributed by atoms with E-state index in [9.17, 15) is 0 Å². The van der Waals surface area contributed by atoms with E-state index in [0.29, 0.717) is 12.0 Å². The van der Waals surface area contributed by atoms with Crippen LogP contribution in [0.2, 0.25) is 0 Å². The molecule has 0 aliphatic heterocycles. The van der Waals surface area contributed by atoms with Crippen molar-refractivity contribution in [2.24, 2.45) is 10.9 Å². The summed E-state index contributed by atoms with van der Waals surface area (Å²) >= 11 is 0. The summed E-state index contributed by atoms with van der Waals surface area (Å²) in [5, 5.41) is 0. The molecule has 0 N–H and O–H groups in total. The minimum atomic E-state index is 0.422. The average Bonchev–Trinajstić information content (AvgIpc) is 2.14.